The Morgan fingerprint density at radius 1 is 0.500 bits per heavy atom. The lowest BCUT2D eigenvalue weighted by Gasteiger charge is -2.30. The molecule has 1 aliphatic heterocycles. The van der Waals surface area contributed by atoms with Crippen molar-refractivity contribution < 1.29 is 4.79 Å². The largest absolute Gasteiger partial charge is 0.289 e. The number of hydrogen-bond acceptors (Lipinski definition) is 1. The standard InChI is InChI=1S/C40H28OSi/c1-42(2)37-21-10-6-15-30(37)31-16-11-17-32(39(31)42)38(41)25-22-23-29-28-14-5-9-20-35(28)40(36(29)24-25)33-18-7-3-12-26(33)27-13-4-8-19-34(27)40/h3-24H,1-2H3. The molecule has 0 N–H and O–H groups in total. The summed E-state index contributed by atoms with van der Waals surface area (Å²) in [4.78, 5) is 14.6. The molecular weight excluding hydrogens is 525 g/mol. The number of hydrogen-bond donors (Lipinski definition) is 0. The fourth-order valence-electron chi connectivity index (χ4n) is 8.43. The molecule has 0 fully saturated rings. The van der Waals surface area contributed by atoms with Gasteiger partial charge < -0.3 is 0 Å². The molecule has 42 heavy (non-hydrogen) atoms. The molecule has 0 unspecified atom stereocenters. The van der Waals surface area contributed by atoms with Gasteiger partial charge >= 0.3 is 0 Å². The van der Waals surface area contributed by atoms with E-state index in [2.05, 4.69) is 147 Å². The lowest BCUT2D eigenvalue weighted by molar-refractivity contribution is 0.103. The van der Waals surface area contributed by atoms with E-state index < -0.39 is 13.5 Å². The highest BCUT2D eigenvalue weighted by molar-refractivity contribution is 7.04. The van der Waals surface area contributed by atoms with Crippen LogP contribution in [-0.4, -0.2) is 13.9 Å². The van der Waals surface area contributed by atoms with Crippen molar-refractivity contribution in [3.63, 3.8) is 0 Å². The van der Waals surface area contributed by atoms with Crippen LogP contribution in [0.3, 0.4) is 0 Å². The van der Waals surface area contributed by atoms with E-state index in [0.717, 1.165) is 11.1 Å². The van der Waals surface area contributed by atoms with Crippen LogP contribution < -0.4 is 10.4 Å². The minimum atomic E-state index is -2.04. The first-order valence-corrected chi connectivity index (χ1v) is 17.7. The maximum absolute atomic E-state index is 14.6. The second-order valence-electron chi connectivity index (χ2n) is 12.4. The molecule has 6 aromatic rings. The molecule has 2 aliphatic carbocycles. The molecule has 0 saturated carbocycles. The summed E-state index contributed by atoms with van der Waals surface area (Å²) in [6.07, 6.45) is 0. The van der Waals surface area contributed by atoms with Crippen molar-refractivity contribution in [2.75, 3.05) is 0 Å². The molecule has 198 valence electrons. The van der Waals surface area contributed by atoms with E-state index in [1.165, 1.54) is 66.0 Å². The van der Waals surface area contributed by atoms with Gasteiger partial charge in [0.1, 0.15) is 8.07 Å². The van der Waals surface area contributed by atoms with E-state index in [9.17, 15) is 4.79 Å². The van der Waals surface area contributed by atoms with E-state index >= 15 is 0 Å². The maximum atomic E-state index is 14.6. The molecule has 0 radical (unpaired) electrons. The highest BCUT2D eigenvalue weighted by Crippen LogP contribution is 2.62. The summed E-state index contributed by atoms with van der Waals surface area (Å²) in [7, 11) is -2.04. The van der Waals surface area contributed by atoms with Gasteiger partial charge in [0.25, 0.3) is 0 Å². The first-order valence-electron chi connectivity index (χ1n) is 14.7. The quantitative estimate of drug-likeness (QED) is 0.157. The average Bonchev–Trinajstić information content (AvgIpc) is 3.60. The Hall–Kier alpha value is -4.79. The normalized spacial score (nSPS) is 15.4. The minimum Gasteiger partial charge on any atom is -0.289 e. The number of fused-ring (bicyclic) bond motifs is 13. The van der Waals surface area contributed by atoms with E-state index in [4.69, 9.17) is 0 Å². The zero-order valence-corrected chi connectivity index (χ0v) is 24.6. The molecule has 3 aliphatic rings. The van der Waals surface area contributed by atoms with E-state index in [1.54, 1.807) is 0 Å². The third-order valence-corrected chi connectivity index (χ3v) is 13.7. The van der Waals surface area contributed by atoms with Crippen LogP contribution in [-0.2, 0) is 5.41 Å². The molecule has 0 saturated heterocycles. The van der Waals surface area contributed by atoms with E-state index in [1.807, 2.05) is 0 Å². The second kappa shape index (κ2) is 8.15. The van der Waals surface area contributed by atoms with Crippen LogP contribution in [0.25, 0.3) is 33.4 Å². The average molecular weight is 553 g/mol. The molecule has 2 heteroatoms. The summed E-state index contributed by atoms with van der Waals surface area (Å²) >= 11 is 0. The molecule has 0 bridgehead atoms. The van der Waals surface area contributed by atoms with Crippen LogP contribution in [0, 0.1) is 0 Å². The molecule has 9 rings (SSSR count). The lowest BCUT2D eigenvalue weighted by Crippen LogP contribution is -2.51. The van der Waals surface area contributed by atoms with Gasteiger partial charge in [0, 0.05) is 11.1 Å². The fraction of sp³-hybridized carbons (Fsp3) is 0.0750. The Kier molecular flexibility index (Phi) is 4.63. The third-order valence-electron chi connectivity index (χ3n) is 10.1. The summed E-state index contributed by atoms with van der Waals surface area (Å²) in [5.41, 5.74) is 13.8. The van der Waals surface area contributed by atoms with Gasteiger partial charge in [0.15, 0.2) is 5.78 Å². The molecular formula is C40H28OSi. The van der Waals surface area contributed by atoms with Crippen LogP contribution in [0.1, 0.15) is 38.2 Å². The number of carbonyl (C=O) groups is 1. The highest BCUT2D eigenvalue weighted by atomic mass is 28.3. The van der Waals surface area contributed by atoms with Crippen LogP contribution in [0.2, 0.25) is 13.1 Å². The topological polar surface area (TPSA) is 17.1 Å². The smallest absolute Gasteiger partial charge is 0.192 e. The van der Waals surface area contributed by atoms with Crippen molar-refractivity contribution in [3.8, 4) is 33.4 Å². The first kappa shape index (κ1) is 23.9. The summed E-state index contributed by atoms with van der Waals surface area (Å²) < 4.78 is 0. The molecule has 6 aromatic carbocycles. The van der Waals surface area contributed by atoms with Crippen molar-refractivity contribution in [2.24, 2.45) is 0 Å². The van der Waals surface area contributed by atoms with E-state index in [0.29, 0.717) is 0 Å². The minimum absolute atomic E-state index is 0.119. The summed E-state index contributed by atoms with van der Waals surface area (Å²) in [6.45, 7) is 4.77. The zero-order valence-electron chi connectivity index (χ0n) is 23.6. The molecule has 1 heterocycles. The maximum Gasteiger partial charge on any atom is 0.192 e. The number of carbonyl (C=O) groups excluding carboxylic acids is 1. The Bertz CT molecular complexity index is 2090. The van der Waals surface area contributed by atoms with Gasteiger partial charge in [-0.25, -0.2) is 0 Å². The first-order chi connectivity index (χ1) is 20.5. The zero-order chi connectivity index (χ0) is 28.2. The number of benzene rings is 6. The van der Waals surface area contributed by atoms with Crippen molar-refractivity contribution in [3.05, 3.63) is 167 Å². The summed E-state index contributed by atoms with van der Waals surface area (Å²) in [5.74, 6) is 0.119. The van der Waals surface area contributed by atoms with Crippen molar-refractivity contribution in [1.29, 1.82) is 0 Å². The Morgan fingerprint density at radius 2 is 1.00 bits per heavy atom. The van der Waals surface area contributed by atoms with Gasteiger partial charge in [-0.1, -0.05) is 140 Å². The van der Waals surface area contributed by atoms with Crippen LogP contribution in [0.5, 0.6) is 0 Å². The summed E-state index contributed by atoms with van der Waals surface area (Å²) in [5, 5.41) is 2.69. The fourth-order valence-corrected chi connectivity index (χ4v) is 11.9. The Labute approximate surface area is 247 Å². The highest BCUT2D eigenvalue weighted by Gasteiger charge is 2.51. The second-order valence-corrected chi connectivity index (χ2v) is 16.7. The van der Waals surface area contributed by atoms with E-state index in [-0.39, 0.29) is 5.78 Å². The van der Waals surface area contributed by atoms with Crippen molar-refractivity contribution >= 4 is 24.2 Å². The van der Waals surface area contributed by atoms with Gasteiger partial charge in [0.05, 0.1) is 5.41 Å². The molecule has 0 aromatic heterocycles. The van der Waals surface area contributed by atoms with Crippen LogP contribution in [0.4, 0.5) is 0 Å². The SMILES string of the molecule is C[Si]1(C)c2ccccc2-c2cccc(C(=O)c3ccc4c(c3)C3(c5ccccc5-c5ccccc53)c3ccccc3-4)c21. The molecule has 0 amide bonds. The summed E-state index contributed by atoms with van der Waals surface area (Å²) in [6, 6.07) is 48.0. The third kappa shape index (κ3) is 2.76. The van der Waals surface area contributed by atoms with Gasteiger partial charge in [-0.3, -0.25) is 4.79 Å². The van der Waals surface area contributed by atoms with Gasteiger partial charge in [-0.05, 0) is 72.1 Å². The molecule has 1 nitrogen and oxygen atoms in total. The number of rotatable bonds is 2. The lowest BCUT2D eigenvalue weighted by atomic mass is 9.70. The van der Waals surface area contributed by atoms with Gasteiger partial charge in [0.2, 0.25) is 0 Å². The van der Waals surface area contributed by atoms with Crippen LogP contribution >= 0.6 is 0 Å². The molecule has 0 atom stereocenters. The monoisotopic (exact) mass is 552 g/mol. The van der Waals surface area contributed by atoms with Gasteiger partial charge in [-0.15, -0.1) is 0 Å². The Morgan fingerprint density at radius 3 is 1.62 bits per heavy atom. The predicted molar refractivity (Wildman–Crippen MR) is 175 cm³/mol. The number of ketones is 1. The van der Waals surface area contributed by atoms with Crippen molar-refractivity contribution in [1.82, 2.24) is 0 Å². The van der Waals surface area contributed by atoms with Gasteiger partial charge in [-0.2, -0.15) is 0 Å². The Balaban J connectivity index is 1.29. The van der Waals surface area contributed by atoms with Crippen molar-refractivity contribution in [2.45, 2.75) is 18.5 Å². The molecule has 1 spiro atoms. The van der Waals surface area contributed by atoms with Crippen LogP contribution in [0.15, 0.2) is 133 Å². The predicted octanol–water partition coefficient (Wildman–Crippen LogP) is 8.06.